The Labute approximate surface area is 274 Å². The minimum atomic E-state index is -5.14. The molecular formula is C37H26F10O2. The minimum Gasteiger partial charge on any atom is -0.429 e. The molecular weight excluding hydrogens is 666 g/mol. The molecule has 0 aliphatic carbocycles. The third-order valence-electron chi connectivity index (χ3n) is 7.63. The highest BCUT2D eigenvalue weighted by molar-refractivity contribution is 5.72. The first-order valence-electron chi connectivity index (χ1n) is 15.0. The summed E-state index contributed by atoms with van der Waals surface area (Å²) in [5.41, 5.74) is -1.02. The van der Waals surface area contributed by atoms with E-state index in [4.69, 9.17) is 0 Å². The third kappa shape index (κ3) is 8.36. The van der Waals surface area contributed by atoms with Crippen LogP contribution < -0.4 is 9.47 Å². The predicted molar refractivity (Wildman–Crippen MR) is 163 cm³/mol. The van der Waals surface area contributed by atoms with Crippen molar-refractivity contribution in [2.75, 3.05) is 0 Å². The molecule has 0 bridgehead atoms. The van der Waals surface area contributed by atoms with E-state index in [2.05, 4.69) is 9.47 Å². The van der Waals surface area contributed by atoms with Gasteiger partial charge in [-0.25, -0.2) is 22.0 Å². The summed E-state index contributed by atoms with van der Waals surface area (Å²) in [6, 6.07) is 15.2. The molecule has 0 saturated carbocycles. The number of alkyl halides is 5. The Hall–Kier alpha value is -5.00. The number of benzene rings is 5. The van der Waals surface area contributed by atoms with Crippen molar-refractivity contribution in [1.82, 2.24) is 0 Å². The Kier molecular flexibility index (Phi) is 10.3. The number of unbranched alkanes of at least 4 members (excludes halogenated alkanes) is 2. The highest BCUT2D eigenvalue weighted by atomic mass is 19.4. The molecule has 2 nitrogen and oxygen atoms in total. The van der Waals surface area contributed by atoms with Crippen LogP contribution in [0.3, 0.4) is 0 Å². The lowest BCUT2D eigenvalue weighted by molar-refractivity contribution is -0.275. The van der Waals surface area contributed by atoms with Gasteiger partial charge in [0.1, 0.15) is 29.0 Å². The SMILES string of the molecule is CCCCCc1ccc(-c2ccc(C(F)(F)Oc3ccc(-c4ccc(-c5ccc(OC(F)(F)F)c(F)c5)c(F)c4)c(F)c3)c(F)c2)c(F)c1. The van der Waals surface area contributed by atoms with Gasteiger partial charge >= 0.3 is 12.5 Å². The minimum absolute atomic E-state index is 0.0247. The lowest BCUT2D eigenvalue weighted by atomic mass is 9.99. The van der Waals surface area contributed by atoms with E-state index in [-0.39, 0.29) is 33.4 Å². The molecule has 0 N–H and O–H groups in total. The lowest BCUT2D eigenvalue weighted by Gasteiger charge is -2.20. The fourth-order valence-corrected chi connectivity index (χ4v) is 5.24. The molecule has 0 aromatic heterocycles. The summed E-state index contributed by atoms with van der Waals surface area (Å²) in [5.74, 6) is -7.31. The number of aryl methyl sites for hydroxylation is 1. The van der Waals surface area contributed by atoms with Crippen LogP contribution in [0.4, 0.5) is 43.9 Å². The normalized spacial score (nSPS) is 11.9. The van der Waals surface area contributed by atoms with E-state index in [1.54, 1.807) is 6.07 Å². The summed E-state index contributed by atoms with van der Waals surface area (Å²) in [6.07, 6.45) is -5.89. The van der Waals surface area contributed by atoms with Crippen molar-refractivity contribution in [2.45, 2.75) is 45.1 Å². The van der Waals surface area contributed by atoms with Crippen LogP contribution >= 0.6 is 0 Å². The van der Waals surface area contributed by atoms with Crippen molar-refractivity contribution in [3.05, 3.63) is 131 Å². The molecule has 0 heterocycles. The highest BCUT2D eigenvalue weighted by Gasteiger charge is 2.38. The van der Waals surface area contributed by atoms with Gasteiger partial charge in [-0.15, -0.1) is 13.2 Å². The van der Waals surface area contributed by atoms with Gasteiger partial charge in [-0.1, -0.05) is 56.2 Å². The number of hydrogen-bond acceptors (Lipinski definition) is 2. The van der Waals surface area contributed by atoms with Crippen molar-refractivity contribution < 1.29 is 53.4 Å². The zero-order valence-corrected chi connectivity index (χ0v) is 25.6. The monoisotopic (exact) mass is 692 g/mol. The molecule has 0 aliphatic rings. The number of rotatable bonds is 11. The molecule has 5 rings (SSSR count). The second kappa shape index (κ2) is 14.2. The lowest BCUT2D eigenvalue weighted by Crippen LogP contribution is -2.23. The second-order valence-electron chi connectivity index (χ2n) is 11.1. The summed E-state index contributed by atoms with van der Waals surface area (Å²) >= 11 is 0. The van der Waals surface area contributed by atoms with Crippen molar-refractivity contribution >= 4 is 0 Å². The summed E-state index contributed by atoms with van der Waals surface area (Å²) in [5, 5.41) is 0. The Bertz CT molecular complexity index is 1970. The molecule has 0 saturated heterocycles. The van der Waals surface area contributed by atoms with Gasteiger partial charge in [0.25, 0.3) is 0 Å². The fourth-order valence-electron chi connectivity index (χ4n) is 5.24. The average Bonchev–Trinajstić information content (AvgIpc) is 3.01. The molecule has 0 spiro atoms. The van der Waals surface area contributed by atoms with E-state index >= 15 is 13.2 Å². The van der Waals surface area contributed by atoms with Crippen LogP contribution in [-0.2, 0) is 12.5 Å². The van der Waals surface area contributed by atoms with Gasteiger partial charge in [-0.2, -0.15) is 8.78 Å². The molecule has 12 heteroatoms. The topological polar surface area (TPSA) is 18.5 Å². The molecule has 256 valence electrons. The first-order valence-corrected chi connectivity index (χ1v) is 15.0. The maximum atomic E-state index is 15.1. The quantitative estimate of drug-likeness (QED) is 0.101. The summed E-state index contributed by atoms with van der Waals surface area (Å²) in [7, 11) is 0. The van der Waals surface area contributed by atoms with Crippen molar-refractivity contribution in [1.29, 1.82) is 0 Å². The third-order valence-corrected chi connectivity index (χ3v) is 7.63. The maximum absolute atomic E-state index is 15.1. The van der Waals surface area contributed by atoms with Crippen LogP contribution in [0.2, 0.25) is 0 Å². The zero-order valence-electron chi connectivity index (χ0n) is 25.6. The van der Waals surface area contributed by atoms with Crippen LogP contribution in [0.15, 0.2) is 91.0 Å². The molecule has 5 aromatic carbocycles. The molecule has 0 atom stereocenters. The van der Waals surface area contributed by atoms with Crippen LogP contribution in [0.25, 0.3) is 33.4 Å². The van der Waals surface area contributed by atoms with E-state index in [9.17, 15) is 30.7 Å². The summed E-state index contributed by atoms with van der Waals surface area (Å²) in [6.45, 7) is 2.04. The van der Waals surface area contributed by atoms with Gasteiger partial charge in [-0.3, -0.25) is 0 Å². The molecule has 0 fully saturated rings. The fraction of sp³-hybridized carbons (Fsp3) is 0.189. The number of hydrogen-bond donors (Lipinski definition) is 0. The van der Waals surface area contributed by atoms with Crippen molar-refractivity contribution in [3.8, 4) is 44.9 Å². The van der Waals surface area contributed by atoms with Crippen molar-refractivity contribution in [2.24, 2.45) is 0 Å². The zero-order chi connectivity index (χ0) is 35.5. The summed E-state index contributed by atoms with van der Waals surface area (Å²) in [4.78, 5) is 0. The Balaban J connectivity index is 1.31. The van der Waals surface area contributed by atoms with Gasteiger partial charge < -0.3 is 9.47 Å². The van der Waals surface area contributed by atoms with E-state index in [0.717, 1.165) is 73.4 Å². The predicted octanol–water partition coefficient (Wildman–Crippen LogP) is 12.1. The Morgan fingerprint density at radius 2 is 1.04 bits per heavy atom. The molecule has 0 amide bonds. The van der Waals surface area contributed by atoms with E-state index in [1.807, 2.05) is 6.92 Å². The summed E-state index contributed by atoms with van der Waals surface area (Å²) < 4.78 is 150. The van der Waals surface area contributed by atoms with E-state index in [1.165, 1.54) is 18.2 Å². The van der Waals surface area contributed by atoms with Crippen LogP contribution in [0.1, 0.15) is 37.3 Å². The van der Waals surface area contributed by atoms with Crippen LogP contribution in [-0.4, -0.2) is 6.36 Å². The maximum Gasteiger partial charge on any atom is 0.573 e. The van der Waals surface area contributed by atoms with Gasteiger partial charge in [0.05, 0.1) is 5.56 Å². The largest absolute Gasteiger partial charge is 0.573 e. The molecule has 0 unspecified atom stereocenters. The van der Waals surface area contributed by atoms with Crippen LogP contribution in [0.5, 0.6) is 11.5 Å². The van der Waals surface area contributed by atoms with Gasteiger partial charge in [-0.05, 0) is 83.6 Å². The van der Waals surface area contributed by atoms with E-state index < -0.39 is 58.6 Å². The van der Waals surface area contributed by atoms with Gasteiger partial charge in [0, 0.05) is 22.8 Å². The van der Waals surface area contributed by atoms with Gasteiger partial charge in [0.2, 0.25) is 0 Å². The first-order chi connectivity index (χ1) is 23.1. The Morgan fingerprint density at radius 1 is 0.510 bits per heavy atom. The smallest absolute Gasteiger partial charge is 0.429 e. The van der Waals surface area contributed by atoms with E-state index in [0.29, 0.717) is 24.6 Å². The first kappa shape index (κ1) is 35.3. The number of halogens is 10. The van der Waals surface area contributed by atoms with Crippen LogP contribution in [0, 0.1) is 29.1 Å². The molecule has 0 aliphatic heterocycles. The standard InChI is InChI=1S/C37H26F10O2/c1-2-3-4-5-21-6-11-26(30(38)16-21)23-8-14-29(33(41)18-23)36(43,44)48-25-10-13-28(32(40)20-25)22-7-12-27(31(39)17-22)24-9-15-35(34(42)19-24)49-37(45,46)47/h6-20H,2-5H2,1H3. The van der Waals surface area contributed by atoms with Crippen molar-refractivity contribution in [3.63, 3.8) is 0 Å². The Morgan fingerprint density at radius 3 is 1.59 bits per heavy atom. The molecule has 49 heavy (non-hydrogen) atoms. The average molecular weight is 693 g/mol. The molecule has 5 aromatic rings. The highest BCUT2D eigenvalue weighted by Crippen LogP contribution is 2.38. The van der Waals surface area contributed by atoms with Gasteiger partial charge in [0.15, 0.2) is 11.6 Å². The number of ether oxygens (including phenoxy) is 2. The second-order valence-corrected chi connectivity index (χ2v) is 11.1. The molecule has 0 radical (unpaired) electrons.